The Labute approximate surface area is 167 Å². The molecule has 29 heavy (non-hydrogen) atoms. The first-order chi connectivity index (χ1) is 13.7. The predicted octanol–water partition coefficient (Wildman–Crippen LogP) is 0.103. The van der Waals surface area contributed by atoms with E-state index in [1.165, 1.54) is 6.07 Å². The van der Waals surface area contributed by atoms with Gasteiger partial charge < -0.3 is 34.3 Å². The molecule has 6 atom stereocenters. The first-order valence-corrected chi connectivity index (χ1v) is 9.73. The van der Waals surface area contributed by atoms with Crippen LogP contribution in [-0.4, -0.2) is 63.3 Å². The van der Waals surface area contributed by atoms with E-state index in [2.05, 4.69) is 0 Å². The fourth-order valence-electron chi connectivity index (χ4n) is 4.24. The van der Waals surface area contributed by atoms with Crippen molar-refractivity contribution in [3.63, 3.8) is 0 Å². The molecule has 0 unspecified atom stereocenters. The van der Waals surface area contributed by atoms with Crippen molar-refractivity contribution in [2.75, 3.05) is 6.61 Å². The van der Waals surface area contributed by atoms with E-state index < -0.39 is 48.5 Å². The molecule has 0 spiro atoms. The SMILES string of the molecule is CC(C)(O[C@@H]1O[C@H](CO)[C@@H](O)[C@H](O)[C@H]1O)[C@@H]1Cc2cc3ccc(=O)oc3cc2C1. The highest BCUT2D eigenvalue weighted by Crippen LogP contribution is 2.39. The van der Waals surface area contributed by atoms with Gasteiger partial charge >= 0.3 is 5.63 Å². The molecule has 2 aliphatic rings. The average molecular weight is 406 g/mol. The Morgan fingerprint density at radius 2 is 1.76 bits per heavy atom. The summed E-state index contributed by atoms with van der Waals surface area (Å²) in [7, 11) is 0. The van der Waals surface area contributed by atoms with Crippen molar-refractivity contribution in [1.29, 1.82) is 0 Å². The first kappa shape index (κ1) is 20.5. The standard InChI is InChI=1S/C21H26O8/c1-21(2,29-20-19(26)18(25)17(24)15(9-22)28-20)13-6-11-5-10-3-4-16(23)27-14(10)8-12(11)7-13/h3-5,8,13,15,17-20,22,24-26H,6-7,9H2,1-2H3/t13-,15-,17-,18+,19-,20+/m1/s1. The van der Waals surface area contributed by atoms with Crippen LogP contribution in [-0.2, 0) is 22.3 Å². The van der Waals surface area contributed by atoms with Gasteiger partial charge in [-0.25, -0.2) is 4.79 Å². The Morgan fingerprint density at radius 1 is 1.07 bits per heavy atom. The summed E-state index contributed by atoms with van der Waals surface area (Å²) in [5.74, 6) is 0.0494. The molecule has 4 N–H and O–H groups in total. The molecule has 2 aromatic rings. The van der Waals surface area contributed by atoms with Crippen molar-refractivity contribution in [2.24, 2.45) is 5.92 Å². The van der Waals surface area contributed by atoms with Crippen LogP contribution >= 0.6 is 0 Å². The van der Waals surface area contributed by atoms with Gasteiger partial charge in [0.05, 0.1) is 12.2 Å². The molecular weight excluding hydrogens is 380 g/mol. The summed E-state index contributed by atoms with van der Waals surface area (Å²) < 4.78 is 16.8. The van der Waals surface area contributed by atoms with Crippen molar-refractivity contribution in [2.45, 2.75) is 63.0 Å². The van der Waals surface area contributed by atoms with Crippen molar-refractivity contribution < 1.29 is 34.3 Å². The Bertz CT molecular complexity index is 949. The number of fused-ring (bicyclic) bond motifs is 2. The van der Waals surface area contributed by atoms with Gasteiger partial charge in [0.15, 0.2) is 6.29 Å². The molecular formula is C21H26O8. The molecule has 1 aliphatic heterocycles. The quantitative estimate of drug-likeness (QED) is 0.526. The average Bonchev–Trinajstić information content (AvgIpc) is 3.10. The summed E-state index contributed by atoms with van der Waals surface area (Å²) in [5.41, 5.74) is 1.63. The van der Waals surface area contributed by atoms with E-state index in [0.717, 1.165) is 22.9 Å². The number of hydrogen-bond donors (Lipinski definition) is 4. The number of aliphatic hydroxyl groups excluding tert-OH is 4. The zero-order chi connectivity index (χ0) is 20.9. The summed E-state index contributed by atoms with van der Waals surface area (Å²) >= 11 is 0. The van der Waals surface area contributed by atoms with Gasteiger partial charge in [-0.05, 0) is 61.9 Å². The fourth-order valence-corrected chi connectivity index (χ4v) is 4.24. The van der Waals surface area contributed by atoms with Crippen LogP contribution < -0.4 is 5.63 Å². The summed E-state index contributed by atoms with van der Waals surface area (Å²) in [6.45, 7) is 3.26. The third kappa shape index (κ3) is 3.72. The van der Waals surface area contributed by atoms with Crippen molar-refractivity contribution >= 4 is 11.0 Å². The Kier molecular flexibility index (Phi) is 5.27. The van der Waals surface area contributed by atoms with Gasteiger partial charge in [0, 0.05) is 11.5 Å². The van der Waals surface area contributed by atoms with E-state index in [9.17, 15) is 25.2 Å². The minimum Gasteiger partial charge on any atom is -0.423 e. The van der Waals surface area contributed by atoms with Crippen molar-refractivity contribution in [3.8, 4) is 0 Å². The van der Waals surface area contributed by atoms with Crippen LogP contribution in [0.4, 0.5) is 0 Å². The van der Waals surface area contributed by atoms with Gasteiger partial charge in [-0.2, -0.15) is 0 Å². The summed E-state index contributed by atoms with van der Waals surface area (Å²) in [6.07, 6.45) is -5.10. The zero-order valence-corrected chi connectivity index (χ0v) is 16.3. The Hall–Kier alpha value is -1.81. The second-order valence-electron chi connectivity index (χ2n) is 8.44. The lowest BCUT2D eigenvalue weighted by Crippen LogP contribution is -2.60. The van der Waals surface area contributed by atoms with Gasteiger partial charge in [-0.1, -0.05) is 0 Å². The molecule has 0 saturated carbocycles. The van der Waals surface area contributed by atoms with Crippen molar-refractivity contribution in [1.82, 2.24) is 0 Å². The van der Waals surface area contributed by atoms with E-state index in [4.69, 9.17) is 13.9 Å². The van der Waals surface area contributed by atoms with Gasteiger partial charge in [0.1, 0.15) is 30.0 Å². The lowest BCUT2D eigenvalue weighted by molar-refractivity contribution is -0.328. The Balaban J connectivity index is 1.53. The molecule has 0 amide bonds. The molecule has 1 fully saturated rings. The number of benzene rings is 1. The van der Waals surface area contributed by atoms with Crippen LogP contribution in [0.1, 0.15) is 25.0 Å². The molecule has 4 rings (SSSR count). The topological polar surface area (TPSA) is 130 Å². The Morgan fingerprint density at radius 3 is 2.45 bits per heavy atom. The van der Waals surface area contributed by atoms with E-state index in [0.29, 0.717) is 12.0 Å². The van der Waals surface area contributed by atoms with Crippen LogP contribution in [0.15, 0.2) is 33.5 Å². The van der Waals surface area contributed by atoms with E-state index >= 15 is 0 Å². The monoisotopic (exact) mass is 406 g/mol. The van der Waals surface area contributed by atoms with Crippen LogP contribution in [0.25, 0.3) is 11.0 Å². The number of ether oxygens (including phenoxy) is 2. The molecule has 0 bridgehead atoms. The zero-order valence-electron chi connectivity index (χ0n) is 16.3. The normalized spacial score (nSPS) is 32.5. The maximum absolute atomic E-state index is 11.5. The van der Waals surface area contributed by atoms with E-state index in [1.54, 1.807) is 6.07 Å². The lowest BCUT2D eigenvalue weighted by Gasteiger charge is -2.44. The molecule has 1 aromatic heterocycles. The van der Waals surface area contributed by atoms with Gasteiger partial charge in [-0.15, -0.1) is 0 Å². The molecule has 1 saturated heterocycles. The van der Waals surface area contributed by atoms with Crippen LogP contribution in [0, 0.1) is 5.92 Å². The van der Waals surface area contributed by atoms with E-state index in [-0.39, 0.29) is 5.92 Å². The third-order valence-corrected chi connectivity index (χ3v) is 6.13. The molecule has 2 heterocycles. The van der Waals surface area contributed by atoms with Crippen LogP contribution in [0.5, 0.6) is 0 Å². The highest BCUT2D eigenvalue weighted by atomic mass is 16.7. The predicted molar refractivity (Wildman–Crippen MR) is 102 cm³/mol. The highest BCUT2D eigenvalue weighted by molar-refractivity contribution is 5.78. The largest absolute Gasteiger partial charge is 0.423 e. The molecule has 158 valence electrons. The summed E-state index contributed by atoms with van der Waals surface area (Å²) in [6, 6.07) is 7.03. The van der Waals surface area contributed by atoms with Gasteiger partial charge in [0.2, 0.25) is 0 Å². The van der Waals surface area contributed by atoms with Crippen LogP contribution in [0.2, 0.25) is 0 Å². The summed E-state index contributed by atoms with van der Waals surface area (Å²) in [4.78, 5) is 11.5. The molecule has 1 aliphatic carbocycles. The number of aliphatic hydroxyl groups is 4. The third-order valence-electron chi connectivity index (χ3n) is 6.13. The highest BCUT2D eigenvalue weighted by Gasteiger charge is 2.47. The summed E-state index contributed by atoms with van der Waals surface area (Å²) in [5, 5.41) is 40.4. The molecule has 8 heteroatoms. The van der Waals surface area contributed by atoms with Gasteiger partial charge in [-0.3, -0.25) is 0 Å². The van der Waals surface area contributed by atoms with Crippen molar-refractivity contribution in [3.05, 3.63) is 45.8 Å². The van der Waals surface area contributed by atoms with Gasteiger partial charge in [0.25, 0.3) is 0 Å². The molecule has 0 radical (unpaired) electrons. The molecule has 8 nitrogen and oxygen atoms in total. The maximum Gasteiger partial charge on any atom is 0.336 e. The second kappa shape index (κ2) is 7.46. The number of hydrogen-bond acceptors (Lipinski definition) is 8. The maximum atomic E-state index is 11.5. The second-order valence-corrected chi connectivity index (χ2v) is 8.44. The first-order valence-electron chi connectivity index (χ1n) is 9.73. The van der Waals surface area contributed by atoms with E-state index in [1.807, 2.05) is 26.0 Å². The minimum atomic E-state index is -1.48. The molecule has 1 aromatic carbocycles. The van der Waals surface area contributed by atoms with Crippen LogP contribution in [0.3, 0.4) is 0 Å². The number of rotatable bonds is 4. The lowest BCUT2D eigenvalue weighted by atomic mass is 9.87. The minimum absolute atomic E-state index is 0.0494. The smallest absolute Gasteiger partial charge is 0.336 e. The fraction of sp³-hybridized carbons (Fsp3) is 0.571.